The van der Waals surface area contributed by atoms with E-state index in [1.54, 1.807) is 0 Å². The van der Waals surface area contributed by atoms with Gasteiger partial charge in [-0.25, -0.2) is 0 Å². The molecule has 5 heteroatoms. The molecule has 1 aromatic heterocycles. The molecule has 0 radical (unpaired) electrons. The Morgan fingerprint density at radius 1 is 1.35 bits per heavy atom. The van der Waals surface area contributed by atoms with Gasteiger partial charge in [-0.15, -0.1) is 0 Å². The van der Waals surface area contributed by atoms with Gasteiger partial charge in [-0.2, -0.15) is 5.10 Å². The number of nitrogens with zero attached hydrogens (tertiary/aromatic N) is 3. The second-order valence-electron chi connectivity index (χ2n) is 6.98. The predicted molar refractivity (Wildman–Crippen MR) is 90.6 cm³/mol. The highest BCUT2D eigenvalue weighted by Gasteiger charge is 2.47. The van der Waals surface area contributed by atoms with Crippen LogP contribution in [-0.2, 0) is 25.4 Å². The average molecular weight is 332 g/mol. The minimum Gasteiger partial charge on any atom is -0.392 e. The number of likely N-dealkylation sites (tertiary alicyclic amines) is 1. The lowest BCUT2D eigenvalue weighted by Crippen LogP contribution is -2.47. The summed E-state index contributed by atoms with van der Waals surface area (Å²) in [5.41, 5.74) is 3.69. The molecule has 1 aliphatic carbocycles. The zero-order chi connectivity index (χ0) is 16.0. The van der Waals surface area contributed by atoms with Crippen LogP contribution in [0.2, 0.25) is 5.02 Å². The van der Waals surface area contributed by atoms with Gasteiger partial charge >= 0.3 is 0 Å². The maximum Gasteiger partial charge on any atom is 0.0678 e. The van der Waals surface area contributed by atoms with Crippen molar-refractivity contribution in [3.63, 3.8) is 0 Å². The number of fused-ring (bicyclic) bond motifs is 2. The Morgan fingerprint density at radius 2 is 2.13 bits per heavy atom. The number of hydrogen-bond acceptors (Lipinski definition) is 3. The average Bonchev–Trinajstić information content (AvgIpc) is 3.05. The van der Waals surface area contributed by atoms with Gasteiger partial charge in [-0.3, -0.25) is 9.58 Å². The molecule has 1 atom stereocenters. The molecule has 0 bridgehead atoms. The van der Waals surface area contributed by atoms with Crippen LogP contribution in [0.4, 0.5) is 0 Å². The summed E-state index contributed by atoms with van der Waals surface area (Å²) >= 11 is 6.21. The second-order valence-corrected chi connectivity index (χ2v) is 7.41. The number of benzene rings is 1. The van der Waals surface area contributed by atoms with Gasteiger partial charge in [-0.1, -0.05) is 17.7 Å². The number of aliphatic hydroxyl groups excluding tert-OH is 1. The van der Waals surface area contributed by atoms with E-state index in [2.05, 4.69) is 28.3 Å². The molecular formula is C18H22ClN3O. The third kappa shape index (κ3) is 2.59. The summed E-state index contributed by atoms with van der Waals surface area (Å²) in [5, 5.41) is 15.7. The van der Waals surface area contributed by atoms with Crippen LogP contribution in [0.15, 0.2) is 30.6 Å². The fourth-order valence-corrected chi connectivity index (χ4v) is 4.47. The summed E-state index contributed by atoms with van der Waals surface area (Å²) in [6, 6.07) is 6.09. The summed E-state index contributed by atoms with van der Waals surface area (Å²) < 4.78 is 1.85. The van der Waals surface area contributed by atoms with E-state index in [0.29, 0.717) is 0 Å². The van der Waals surface area contributed by atoms with Crippen molar-refractivity contribution in [2.75, 3.05) is 13.1 Å². The molecule has 1 N–H and O–H groups in total. The molecule has 1 fully saturated rings. The molecular weight excluding hydrogens is 310 g/mol. The summed E-state index contributed by atoms with van der Waals surface area (Å²) in [6.45, 7) is 2.93. The number of aryl methyl sites for hydroxylation is 1. The Bertz CT molecular complexity index is 719. The predicted octanol–water partition coefficient (Wildman–Crippen LogP) is 2.52. The van der Waals surface area contributed by atoms with Crippen LogP contribution in [-0.4, -0.2) is 39.0 Å². The molecule has 4 nitrogen and oxygen atoms in total. The van der Waals surface area contributed by atoms with Gasteiger partial charge in [0, 0.05) is 35.8 Å². The van der Waals surface area contributed by atoms with E-state index < -0.39 is 0 Å². The maximum absolute atomic E-state index is 10.7. The Balaban J connectivity index is 1.51. The van der Waals surface area contributed by atoms with Crippen molar-refractivity contribution in [3.8, 4) is 0 Å². The second kappa shape index (κ2) is 5.62. The molecule has 1 spiro atoms. The summed E-state index contributed by atoms with van der Waals surface area (Å²) in [4.78, 5) is 2.46. The van der Waals surface area contributed by atoms with Crippen LogP contribution < -0.4 is 0 Å². The third-order valence-electron chi connectivity index (χ3n) is 5.57. The number of hydrogen-bond donors (Lipinski definition) is 1. The summed E-state index contributed by atoms with van der Waals surface area (Å²) in [6.07, 6.45) is 6.46. The number of rotatable bonds is 2. The van der Waals surface area contributed by atoms with E-state index in [0.717, 1.165) is 43.9 Å². The van der Waals surface area contributed by atoms with Crippen LogP contribution in [0, 0.1) is 0 Å². The van der Waals surface area contributed by atoms with Crippen LogP contribution >= 0.6 is 11.6 Å². The lowest BCUT2D eigenvalue weighted by atomic mass is 9.72. The molecule has 1 unspecified atom stereocenters. The van der Waals surface area contributed by atoms with E-state index >= 15 is 0 Å². The van der Waals surface area contributed by atoms with Crippen LogP contribution in [0.25, 0.3) is 0 Å². The summed E-state index contributed by atoms with van der Waals surface area (Å²) in [7, 11) is 1.95. The largest absolute Gasteiger partial charge is 0.392 e. The first-order chi connectivity index (χ1) is 11.1. The number of aliphatic hydroxyl groups is 1. The number of piperidine rings is 1. The molecule has 4 rings (SSSR count). The van der Waals surface area contributed by atoms with E-state index in [9.17, 15) is 5.11 Å². The molecule has 1 aliphatic heterocycles. The van der Waals surface area contributed by atoms with Crippen LogP contribution in [0.3, 0.4) is 0 Å². The molecule has 23 heavy (non-hydrogen) atoms. The first kappa shape index (κ1) is 15.2. The normalized spacial score (nSPS) is 23.3. The minimum atomic E-state index is -0.281. The van der Waals surface area contributed by atoms with Crippen molar-refractivity contribution in [2.45, 2.75) is 37.3 Å². The van der Waals surface area contributed by atoms with Gasteiger partial charge in [0.25, 0.3) is 0 Å². The molecule has 0 saturated carbocycles. The van der Waals surface area contributed by atoms with Crippen molar-refractivity contribution in [3.05, 3.63) is 52.3 Å². The quantitative estimate of drug-likeness (QED) is 0.919. The summed E-state index contributed by atoms with van der Waals surface area (Å²) in [5.74, 6) is 0. The fourth-order valence-electron chi connectivity index (χ4n) is 4.30. The molecule has 2 aliphatic rings. The lowest BCUT2D eigenvalue weighted by molar-refractivity contribution is 0.0414. The zero-order valence-corrected chi connectivity index (χ0v) is 14.1. The monoisotopic (exact) mass is 331 g/mol. The van der Waals surface area contributed by atoms with E-state index in [-0.39, 0.29) is 11.5 Å². The van der Waals surface area contributed by atoms with Crippen molar-refractivity contribution in [1.29, 1.82) is 0 Å². The van der Waals surface area contributed by atoms with Gasteiger partial charge in [0.1, 0.15) is 0 Å². The first-order valence-electron chi connectivity index (χ1n) is 8.24. The SMILES string of the molecule is Cn1cc(CN2CCC3(CC2)c2cc(Cl)ccc2CC3O)cn1. The van der Waals surface area contributed by atoms with Crippen molar-refractivity contribution < 1.29 is 5.11 Å². The highest BCUT2D eigenvalue weighted by atomic mass is 35.5. The molecule has 1 aromatic carbocycles. The molecule has 1 saturated heterocycles. The molecule has 122 valence electrons. The Labute approximate surface area is 141 Å². The van der Waals surface area contributed by atoms with Crippen LogP contribution in [0.1, 0.15) is 29.5 Å². The van der Waals surface area contributed by atoms with E-state index in [1.807, 2.05) is 24.0 Å². The number of halogens is 1. The maximum atomic E-state index is 10.7. The fraction of sp³-hybridized carbons (Fsp3) is 0.500. The molecule has 2 heterocycles. The van der Waals surface area contributed by atoms with Gasteiger partial charge in [0.15, 0.2) is 0 Å². The van der Waals surface area contributed by atoms with Crippen molar-refractivity contribution in [1.82, 2.24) is 14.7 Å². The molecule has 0 amide bonds. The van der Waals surface area contributed by atoms with Gasteiger partial charge in [0.2, 0.25) is 0 Å². The Morgan fingerprint density at radius 3 is 2.83 bits per heavy atom. The highest BCUT2D eigenvalue weighted by molar-refractivity contribution is 6.30. The smallest absolute Gasteiger partial charge is 0.0678 e. The van der Waals surface area contributed by atoms with E-state index in [4.69, 9.17) is 11.6 Å². The zero-order valence-electron chi connectivity index (χ0n) is 13.4. The van der Waals surface area contributed by atoms with Gasteiger partial charge in [-0.05, 0) is 55.6 Å². The van der Waals surface area contributed by atoms with Gasteiger partial charge in [0.05, 0.1) is 12.3 Å². The Hall–Kier alpha value is -1.36. The van der Waals surface area contributed by atoms with E-state index in [1.165, 1.54) is 16.7 Å². The lowest BCUT2D eigenvalue weighted by Gasteiger charge is -2.42. The standard InChI is InChI=1S/C18H22ClN3O/c1-21-11-13(10-20-21)12-22-6-4-18(5-7-22)16-9-15(19)3-2-14(16)8-17(18)23/h2-3,9-11,17,23H,4-8,12H2,1H3. The first-order valence-corrected chi connectivity index (χ1v) is 8.61. The molecule has 2 aromatic rings. The van der Waals surface area contributed by atoms with Crippen molar-refractivity contribution >= 4 is 11.6 Å². The number of aromatic nitrogens is 2. The Kier molecular flexibility index (Phi) is 3.71. The third-order valence-corrected chi connectivity index (χ3v) is 5.81. The van der Waals surface area contributed by atoms with Crippen molar-refractivity contribution in [2.24, 2.45) is 7.05 Å². The highest BCUT2D eigenvalue weighted by Crippen LogP contribution is 2.47. The van der Waals surface area contributed by atoms with Gasteiger partial charge < -0.3 is 5.11 Å². The topological polar surface area (TPSA) is 41.3 Å². The van der Waals surface area contributed by atoms with Crippen LogP contribution in [0.5, 0.6) is 0 Å². The minimum absolute atomic E-state index is 0.105.